The number of hydrogen-bond acceptors (Lipinski definition) is 4. The highest BCUT2D eigenvalue weighted by molar-refractivity contribution is 5.88. The number of hydrogen-bond donors (Lipinski definition) is 1. The first-order valence-electron chi connectivity index (χ1n) is 6.15. The smallest absolute Gasteiger partial charge is 0.335 e. The Labute approximate surface area is 122 Å². The number of carboxylic acids is 1. The minimum Gasteiger partial charge on any atom is -0.493 e. The lowest BCUT2D eigenvalue weighted by molar-refractivity contribution is 0.0696. The van der Waals surface area contributed by atoms with Gasteiger partial charge in [0.05, 0.1) is 24.3 Å². The minimum absolute atomic E-state index is 0.108. The molecule has 0 aliphatic heterocycles. The molecule has 21 heavy (non-hydrogen) atoms. The second-order valence-corrected chi connectivity index (χ2v) is 4.36. The van der Waals surface area contributed by atoms with Crippen molar-refractivity contribution in [1.82, 2.24) is 0 Å². The van der Waals surface area contributed by atoms with Gasteiger partial charge in [-0.05, 0) is 48.9 Å². The number of ether oxygens (including phenoxy) is 2. The molecule has 0 heterocycles. The Balaban J connectivity index is 2.38. The van der Waals surface area contributed by atoms with Gasteiger partial charge in [0.25, 0.3) is 0 Å². The van der Waals surface area contributed by atoms with Crippen LogP contribution in [0.25, 0.3) is 0 Å². The van der Waals surface area contributed by atoms with Crippen molar-refractivity contribution in [3.8, 4) is 23.3 Å². The minimum atomic E-state index is -1.04. The van der Waals surface area contributed by atoms with Crippen molar-refractivity contribution in [2.24, 2.45) is 0 Å². The lowest BCUT2D eigenvalue weighted by atomic mass is 10.1. The zero-order valence-corrected chi connectivity index (χ0v) is 11.6. The molecule has 5 nitrogen and oxygen atoms in total. The average molecular weight is 283 g/mol. The lowest BCUT2D eigenvalue weighted by Crippen LogP contribution is -1.98. The summed E-state index contributed by atoms with van der Waals surface area (Å²) in [6.45, 7) is 1.80. The third-order valence-corrected chi connectivity index (χ3v) is 2.96. The largest absolute Gasteiger partial charge is 0.493 e. The fourth-order valence-electron chi connectivity index (χ4n) is 1.84. The molecule has 2 aromatic rings. The summed E-state index contributed by atoms with van der Waals surface area (Å²) in [7, 11) is 1.48. The molecule has 5 heteroatoms. The van der Waals surface area contributed by atoms with Crippen molar-refractivity contribution in [2.75, 3.05) is 7.11 Å². The van der Waals surface area contributed by atoms with Gasteiger partial charge in [-0.15, -0.1) is 0 Å². The first kappa shape index (κ1) is 14.4. The number of methoxy groups -OCH3 is 1. The van der Waals surface area contributed by atoms with Gasteiger partial charge >= 0.3 is 5.97 Å². The first-order chi connectivity index (χ1) is 10.0. The second kappa shape index (κ2) is 5.97. The van der Waals surface area contributed by atoms with Gasteiger partial charge < -0.3 is 14.6 Å². The predicted molar refractivity (Wildman–Crippen MR) is 75.9 cm³/mol. The Morgan fingerprint density at radius 2 is 1.95 bits per heavy atom. The van der Waals surface area contributed by atoms with Gasteiger partial charge in [-0.2, -0.15) is 5.26 Å². The highest BCUT2D eigenvalue weighted by atomic mass is 16.5. The maximum atomic E-state index is 11.0. The quantitative estimate of drug-likeness (QED) is 0.930. The molecule has 0 aliphatic carbocycles. The molecule has 106 valence electrons. The summed E-state index contributed by atoms with van der Waals surface area (Å²) in [6, 6.07) is 11.5. The summed E-state index contributed by atoms with van der Waals surface area (Å²) in [5.74, 6) is 0.203. The van der Waals surface area contributed by atoms with E-state index in [0.29, 0.717) is 22.8 Å². The van der Waals surface area contributed by atoms with Crippen LogP contribution in [0.4, 0.5) is 0 Å². The van der Waals surface area contributed by atoms with E-state index < -0.39 is 5.97 Å². The first-order valence-corrected chi connectivity index (χ1v) is 6.15. The van der Waals surface area contributed by atoms with Crippen molar-refractivity contribution in [3.05, 3.63) is 53.1 Å². The topological polar surface area (TPSA) is 79.6 Å². The molecule has 2 rings (SSSR count). The molecular weight excluding hydrogens is 270 g/mol. The van der Waals surface area contributed by atoms with E-state index in [9.17, 15) is 4.79 Å². The maximum Gasteiger partial charge on any atom is 0.335 e. The van der Waals surface area contributed by atoms with Gasteiger partial charge in [-0.1, -0.05) is 0 Å². The molecule has 0 saturated heterocycles. The van der Waals surface area contributed by atoms with Gasteiger partial charge in [0.1, 0.15) is 5.75 Å². The Kier molecular flexibility index (Phi) is 4.10. The van der Waals surface area contributed by atoms with Crippen LogP contribution in [0.5, 0.6) is 17.2 Å². The molecule has 0 unspecified atom stereocenters. The van der Waals surface area contributed by atoms with Crippen molar-refractivity contribution in [2.45, 2.75) is 6.92 Å². The average Bonchev–Trinajstić information content (AvgIpc) is 2.47. The number of nitriles is 1. The van der Waals surface area contributed by atoms with Gasteiger partial charge in [-0.25, -0.2) is 4.79 Å². The number of rotatable bonds is 4. The number of carbonyl (C=O) groups is 1. The fraction of sp³-hybridized carbons (Fsp3) is 0.125. The SMILES string of the molecule is COc1ccc(C(=O)O)cc1Oc1ccc(C#N)c(C)c1. The van der Waals surface area contributed by atoms with E-state index in [1.807, 2.05) is 0 Å². The third-order valence-electron chi connectivity index (χ3n) is 2.96. The van der Waals surface area contributed by atoms with Gasteiger partial charge in [0, 0.05) is 0 Å². The molecule has 0 atom stereocenters. The summed E-state index contributed by atoms with van der Waals surface area (Å²) in [5, 5.41) is 17.9. The summed E-state index contributed by atoms with van der Waals surface area (Å²) >= 11 is 0. The molecule has 0 aromatic heterocycles. The number of aromatic carboxylic acids is 1. The Morgan fingerprint density at radius 1 is 1.19 bits per heavy atom. The normalized spacial score (nSPS) is 9.76. The molecule has 0 spiro atoms. The monoisotopic (exact) mass is 283 g/mol. The standard InChI is InChI=1S/C16H13NO4/c1-10-7-13(5-3-12(10)9-17)21-15-8-11(16(18)19)4-6-14(15)20-2/h3-8H,1-2H3,(H,18,19). The Hall–Kier alpha value is -3.00. The van der Waals surface area contributed by atoms with Gasteiger partial charge in [-0.3, -0.25) is 0 Å². The summed E-state index contributed by atoms with van der Waals surface area (Å²) in [5.41, 5.74) is 1.45. The van der Waals surface area contributed by atoms with Gasteiger partial charge in [0.15, 0.2) is 11.5 Å². The highest BCUT2D eigenvalue weighted by Crippen LogP contribution is 2.33. The zero-order valence-electron chi connectivity index (χ0n) is 11.6. The molecule has 0 bridgehead atoms. The van der Waals surface area contributed by atoms with E-state index in [4.69, 9.17) is 19.8 Å². The van der Waals surface area contributed by atoms with E-state index in [1.54, 1.807) is 25.1 Å². The second-order valence-electron chi connectivity index (χ2n) is 4.36. The number of carboxylic acid groups (broad SMARTS) is 1. The number of nitrogens with zero attached hydrogens (tertiary/aromatic N) is 1. The van der Waals surface area contributed by atoms with Crippen LogP contribution in [0.3, 0.4) is 0 Å². The van der Waals surface area contributed by atoms with Crippen LogP contribution in [0.15, 0.2) is 36.4 Å². The van der Waals surface area contributed by atoms with E-state index in [2.05, 4.69) is 6.07 Å². The van der Waals surface area contributed by atoms with Gasteiger partial charge in [0.2, 0.25) is 0 Å². The van der Waals surface area contributed by atoms with Crippen LogP contribution in [-0.4, -0.2) is 18.2 Å². The fourth-order valence-corrected chi connectivity index (χ4v) is 1.84. The highest BCUT2D eigenvalue weighted by Gasteiger charge is 2.11. The van der Waals surface area contributed by atoms with Crippen LogP contribution in [0.2, 0.25) is 0 Å². The van der Waals surface area contributed by atoms with Crippen molar-refractivity contribution in [1.29, 1.82) is 5.26 Å². The van der Waals surface area contributed by atoms with E-state index >= 15 is 0 Å². The van der Waals surface area contributed by atoms with Crippen molar-refractivity contribution < 1.29 is 19.4 Å². The molecule has 0 amide bonds. The molecule has 0 radical (unpaired) electrons. The lowest BCUT2D eigenvalue weighted by Gasteiger charge is -2.11. The van der Waals surface area contributed by atoms with E-state index in [1.165, 1.54) is 25.3 Å². The van der Waals surface area contributed by atoms with Crippen LogP contribution in [0, 0.1) is 18.3 Å². The summed E-state index contributed by atoms with van der Waals surface area (Å²) in [6.07, 6.45) is 0. The molecule has 0 aliphatic rings. The molecular formula is C16H13NO4. The van der Waals surface area contributed by atoms with Crippen molar-refractivity contribution >= 4 is 5.97 Å². The van der Waals surface area contributed by atoms with Crippen LogP contribution in [-0.2, 0) is 0 Å². The Morgan fingerprint density at radius 3 is 2.52 bits per heavy atom. The molecule has 2 aromatic carbocycles. The van der Waals surface area contributed by atoms with E-state index in [0.717, 1.165) is 5.56 Å². The zero-order chi connectivity index (χ0) is 15.4. The molecule has 0 saturated carbocycles. The predicted octanol–water partition coefficient (Wildman–Crippen LogP) is 3.37. The summed E-state index contributed by atoms with van der Waals surface area (Å²) < 4.78 is 10.8. The van der Waals surface area contributed by atoms with Crippen molar-refractivity contribution in [3.63, 3.8) is 0 Å². The number of aryl methyl sites for hydroxylation is 1. The van der Waals surface area contributed by atoms with Crippen LogP contribution in [0.1, 0.15) is 21.5 Å². The Bertz CT molecular complexity index is 732. The molecule has 0 fully saturated rings. The maximum absolute atomic E-state index is 11.0. The molecule has 1 N–H and O–H groups in total. The van der Waals surface area contributed by atoms with Crippen LogP contribution < -0.4 is 9.47 Å². The van der Waals surface area contributed by atoms with Crippen LogP contribution >= 0.6 is 0 Å². The third kappa shape index (κ3) is 3.12. The summed E-state index contributed by atoms with van der Waals surface area (Å²) in [4.78, 5) is 11.0. The van der Waals surface area contributed by atoms with E-state index in [-0.39, 0.29) is 5.56 Å². The number of benzene rings is 2.